The summed E-state index contributed by atoms with van der Waals surface area (Å²) in [7, 11) is 1.69. The molecule has 0 spiro atoms. The van der Waals surface area contributed by atoms with Crippen LogP contribution in [0.15, 0.2) is 28.2 Å². The smallest absolute Gasteiger partial charge is 0.133 e. The largest absolute Gasteiger partial charge is 0.496 e. The Kier molecular flexibility index (Phi) is 5.06. The van der Waals surface area contributed by atoms with E-state index in [9.17, 15) is 0 Å². The Labute approximate surface area is 124 Å². The maximum atomic E-state index is 5.26. The quantitative estimate of drug-likeness (QED) is 0.845. The molecule has 1 N–H and O–H groups in total. The lowest BCUT2D eigenvalue weighted by Gasteiger charge is -2.13. The maximum Gasteiger partial charge on any atom is 0.133 e. The van der Waals surface area contributed by atoms with Gasteiger partial charge in [0.25, 0.3) is 0 Å². The van der Waals surface area contributed by atoms with Gasteiger partial charge in [0.1, 0.15) is 5.75 Å². The molecule has 1 aromatic rings. The van der Waals surface area contributed by atoms with Crippen molar-refractivity contribution in [2.75, 3.05) is 13.7 Å². The van der Waals surface area contributed by atoms with Gasteiger partial charge < -0.3 is 10.1 Å². The minimum Gasteiger partial charge on any atom is -0.496 e. The molecule has 0 atom stereocenters. The second kappa shape index (κ2) is 6.58. The van der Waals surface area contributed by atoms with Gasteiger partial charge in [0.05, 0.1) is 11.6 Å². The normalized spacial score (nSPS) is 15.9. The number of hydrogen-bond acceptors (Lipinski definition) is 2. The van der Waals surface area contributed by atoms with Gasteiger partial charge in [0, 0.05) is 12.6 Å². The molecular formula is C16H22BrNO. The summed E-state index contributed by atoms with van der Waals surface area (Å²) >= 11 is 3.54. The number of rotatable bonds is 6. The van der Waals surface area contributed by atoms with Gasteiger partial charge in [-0.2, -0.15) is 0 Å². The summed E-state index contributed by atoms with van der Waals surface area (Å²) in [5.41, 5.74) is 2.66. The molecule has 1 saturated carbocycles. The molecule has 2 nitrogen and oxygen atoms in total. The van der Waals surface area contributed by atoms with Crippen molar-refractivity contribution in [2.24, 2.45) is 5.92 Å². The monoisotopic (exact) mass is 323 g/mol. The lowest BCUT2D eigenvalue weighted by Crippen LogP contribution is -2.21. The Morgan fingerprint density at radius 2 is 2.21 bits per heavy atom. The standard InChI is InChI=1S/C16H22BrNO/c1-11(2)13(10-18-14-5-6-14)8-12-4-7-16(19-3)15(17)9-12/h4,7-9,11,14,18H,5-6,10H2,1-3H3. The number of methoxy groups -OCH3 is 1. The number of halogens is 1. The molecule has 0 amide bonds. The number of nitrogens with one attached hydrogen (secondary N) is 1. The van der Waals surface area contributed by atoms with Crippen LogP contribution in [0.1, 0.15) is 32.3 Å². The van der Waals surface area contributed by atoms with Gasteiger partial charge in [-0.1, -0.05) is 31.6 Å². The van der Waals surface area contributed by atoms with Crippen molar-refractivity contribution in [3.8, 4) is 5.75 Å². The van der Waals surface area contributed by atoms with Crippen LogP contribution in [0.2, 0.25) is 0 Å². The lowest BCUT2D eigenvalue weighted by molar-refractivity contribution is 0.412. The fourth-order valence-electron chi connectivity index (χ4n) is 1.96. The van der Waals surface area contributed by atoms with Crippen molar-refractivity contribution >= 4 is 22.0 Å². The molecule has 1 fully saturated rings. The van der Waals surface area contributed by atoms with E-state index in [2.05, 4.69) is 53.3 Å². The van der Waals surface area contributed by atoms with E-state index in [4.69, 9.17) is 4.74 Å². The van der Waals surface area contributed by atoms with Crippen LogP contribution in [0.5, 0.6) is 5.75 Å². The first kappa shape index (κ1) is 14.6. The highest BCUT2D eigenvalue weighted by molar-refractivity contribution is 9.10. The van der Waals surface area contributed by atoms with Crippen LogP contribution < -0.4 is 10.1 Å². The van der Waals surface area contributed by atoms with Crippen LogP contribution in [-0.4, -0.2) is 19.7 Å². The lowest BCUT2D eigenvalue weighted by atomic mass is 10.00. The van der Waals surface area contributed by atoms with Crippen LogP contribution in [0, 0.1) is 5.92 Å². The number of ether oxygens (including phenoxy) is 1. The first-order valence-corrected chi connectivity index (χ1v) is 7.67. The Balaban J connectivity index is 2.12. The fourth-order valence-corrected chi connectivity index (χ4v) is 2.52. The first-order valence-electron chi connectivity index (χ1n) is 6.87. The molecular weight excluding hydrogens is 302 g/mol. The summed E-state index contributed by atoms with van der Waals surface area (Å²) < 4.78 is 6.26. The zero-order chi connectivity index (χ0) is 13.8. The van der Waals surface area contributed by atoms with E-state index in [1.54, 1.807) is 7.11 Å². The van der Waals surface area contributed by atoms with Gasteiger partial charge >= 0.3 is 0 Å². The van der Waals surface area contributed by atoms with E-state index in [1.165, 1.54) is 24.0 Å². The molecule has 0 aromatic heterocycles. The van der Waals surface area contributed by atoms with Crippen molar-refractivity contribution < 1.29 is 4.74 Å². The highest BCUT2D eigenvalue weighted by Crippen LogP contribution is 2.27. The zero-order valence-corrected chi connectivity index (χ0v) is 13.5. The van der Waals surface area contributed by atoms with Gasteiger partial charge in [-0.15, -0.1) is 0 Å². The molecule has 1 aromatic carbocycles. The predicted molar refractivity (Wildman–Crippen MR) is 84.5 cm³/mol. The Morgan fingerprint density at radius 1 is 1.47 bits per heavy atom. The average Bonchev–Trinajstić information content (AvgIpc) is 3.18. The Bertz CT molecular complexity index is 464. The molecule has 0 saturated heterocycles. The second-order valence-corrected chi connectivity index (χ2v) is 6.28. The van der Waals surface area contributed by atoms with Crippen molar-refractivity contribution in [2.45, 2.75) is 32.7 Å². The maximum absolute atomic E-state index is 5.26. The summed E-state index contributed by atoms with van der Waals surface area (Å²) in [6.45, 7) is 5.49. The third kappa shape index (κ3) is 4.36. The van der Waals surface area contributed by atoms with Gasteiger partial charge in [-0.25, -0.2) is 0 Å². The van der Waals surface area contributed by atoms with E-state index in [0.717, 1.165) is 22.8 Å². The van der Waals surface area contributed by atoms with Crippen LogP contribution >= 0.6 is 15.9 Å². The summed E-state index contributed by atoms with van der Waals surface area (Å²) in [6.07, 6.45) is 4.95. The van der Waals surface area contributed by atoms with Crippen molar-refractivity contribution in [3.63, 3.8) is 0 Å². The second-order valence-electron chi connectivity index (χ2n) is 5.42. The van der Waals surface area contributed by atoms with Gasteiger partial charge in [0.15, 0.2) is 0 Å². The molecule has 0 aliphatic heterocycles. The van der Waals surface area contributed by atoms with E-state index in [1.807, 2.05) is 6.07 Å². The number of hydrogen-bond donors (Lipinski definition) is 1. The summed E-state index contributed by atoms with van der Waals surface area (Å²) in [5.74, 6) is 1.44. The van der Waals surface area contributed by atoms with Crippen LogP contribution in [-0.2, 0) is 0 Å². The molecule has 0 bridgehead atoms. The van der Waals surface area contributed by atoms with Crippen molar-refractivity contribution in [1.82, 2.24) is 5.32 Å². The van der Waals surface area contributed by atoms with Gasteiger partial charge in [-0.3, -0.25) is 0 Å². The third-order valence-electron chi connectivity index (χ3n) is 3.44. The first-order chi connectivity index (χ1) is 9.10. The Hall–Kier alpha value is -0.800. The highest BCUT2D eigenvalue weighted by Gasteiger charge is 2.20. The van der Waals surface area contributed by atoms with E-state index in [0.29, 0.717) is 5.92 Å². The van der Waals surface area contributed by atoms with E-state index in [-0.39, 0.29) is 0 Å². The molecule has 19 heavy (non-hydrogen) atoms. The van der Waals surface area contributed by atoms with Crippen molar-refractivity contribution in [1.29, 1.82) is 0 Å². The minimum absolute atomic E-state index is 0.562. The SMILES string of the molecule is COc1ccc(C=C(CNC2CC2)C(C)C)cc1Br. The summed E-state index contributed by atoms with van der Waals surface area (Å²) in [4.78, 5) is 0. The molecule has 0 unspecified atom stereocenters. The topological polar surface area (TPSA) is 21.3 Å². The van der Waals surface area contributed by atoms with E-state index >= 15 is 0 Å². The third-order valence-corrected chi connectivity index (χ3v) is 4.06. The highest BCUT2D eigenvalue weighted by atomic mass is 79.9. The molecule has 104 valence electrons. The molecule has 0 radical (unpaired) electrons. The molecule has 1 aliphatic carbocycles. The average molecular weight is 324 g/mol. The van der Waals surface area contributed by atoms with Crippen LogP contribution in [0.25, 0.3) is 6.08 Å². The van der Waals surface area contributed by atoms with E-state index < -0.39 is 0 Å². The zero-order valence-electron chi connectivity index (χ0n) is 11.9. The van der Waals surface area contributed by atoms with Gasteiger partial charge in [0.2, 0.25) is 0 Å². The molecule has 3 heteroatoms. The fraction of sp³-hybridized carbons (Fsp3) is 0.500. The van der Waals surface area contributed by atoms with Crippen LogP contribution in [0.4, 0.5) is 0 Å². The minimum atomic E-state index is 0.562. The molecule has 0 heterocycles. The molecule has 2 rings (SSSR count). The van der Waals surface area contributed by atoms with Gasteiger partial charge in [-0.05, 0) is 52.4 Å². The predicted octanol–water partition coefficient (Wildman–Crippen LogP) is 4.25. The molecule has 1 aliphatic rings. The number of benzene rings is 1. The van der Waals surface area contributed by atoms with Crippen molar-refractivity contribution in [3.05, 3.63) is 33.8 Å². The summed E-state index contributed by atoms with van der Waals surface area (Å²) in [5, 5.41) is 3.59. The van der Waals surface area contributed by atoms with Crippen LogP contribution in [0.3, 0.4) is 0 Å². The Morgan fingerprint density at radius 3 is 2.74 bits per heavy atom. The summed E-state index contributed by atoms with van der Waals surface area (Å²) in [6, 6.07) is 6.97.